The first kappa shape index (κ1) is 26.7. The zero-order valence-corrected chi connectivity index (χ0v) is 19.9. The van der Waals surface area contributed by atoms with E-state index in [-0.39, 0.29) is 5.97 Å². The van der Waals surface area contributed by atoms with Gasteiger partial charge < -0.3 is 10.5 Å². The topological polar surface area (TPSA) is 52.3 Å². The first-order valence-corrected chi connectivity index (χ1v) is 12.7. The smallest absolute Gasteiger partial charge is 0.306 e. The highest BCUT2D eigenvalue weighted by molar-refractivity contribution is 5.69. The molecule has 3 heteroatoms. The van der Waals surface area contributed by atoms with Crippen LogP contribution < -0.4 is 5.73 Å². The summed E-state index contributed by atoms with van der Waals surface area (Å²) in [7, 11) is 0. The van der Waals surface area contributed by atoms with Gasteiger partial charge in [-0.2, -0.15) is 0 Å². The molecule has 1 aromatic carbocycles. The summed E-state index contributed by atoms with van der Waals surface area (Å²) in [5.74, 6) is -0.0633. The van der Waals surface area contributed by atoms with Gasteiger partial charge in [0.15, 0.2) is 0 Å². The van der Waals surface area contributed by atoms with Crippen LogP contribution in [0.4, 0.5) is 0 Å². The highest BCUT2D eigenvalue weighted by Gasteiger charge is 2.07. The van der Waals surface area contributed by atoms with Gasteiger partial charge in [-0.3, -0.25) is 4.79 Å². The molecule has 1 rings (SSSR count). The SMILES string of the molecule is CCCCCCc1cc(CCCCCC)cc(COC(=O)CCCCCCCN)c1. The highest BCUT2D eigenvalue weighted by Crippen LogP contribution is 2.18. The van der Waals surface area contributed by atoms with E-state index in [0.29, 0.717) is 13.0 Å². The van der Waals surface area contributed by atoms with Crippen molar-refractivity contribution in [2.45, 2.75) is 123 Å². The molecule has 0 unspecified atom stereocenters. The summed E-state index contributed by atoms with van der Waals surface area (Å²) in [5, 5.41) is 0. The first-order valence-electron chi connectivity index (χ1n) is 12.7. The number of hydrogen-bond donors (Lipinski definition) is 1. The number of hydrogen-bond acceptors (Lipinski definition) is 3. The molecule has 0 bridgehead atoms. The lowest BCUT2D eigenvalue weighted by molar-refractivity contribution is -0.145. The molecular weight excluding hydrogens is 370 g/mol. The zero-order valence-electron chi connectivity index (χ0n) is 19.9. The van der Waals surface area contributed by atoms with E-state index in [1.54, 1.807) is 0 Å². The molecule has 0 aliphatic carbocycles. The number of ether oxygens (including phenoxy) is 1. The van der Waals surface area contributed by atoms with Crippen molar-refractivity contribution < 1.29 is 9.53 Å². The van der Waals surface area contributed by atoms with Crippen molar-refractivity contribution in [1.29, 1.82) is 0 Å². The molecule has 0 aliphatic heterocycles. The van der Waals surface area contributed by atoms with Crippen molar-refractivity contribution in [3.05, 3.63) is 34.9 Å². The second kappa shape index (κ2) is 18.4. The van der Waals surface area contributed by atoms with E-state index in [4.69, 9.17) is 10.5 Å². The van der Waals surface area contributed by atoms with Crippen molar-refractivity contribution in [1.82, 2.24) is 0 Å². The molecule has 0 aromatic heterocycles. The molecule has 3 nitrogen and oxygen atoms in total. The maximum atomic E-state index is 12.1. The van der Waals surface area contributed by atoms with Crippen LogP contribution in [0, 0.1) is 0 Å². The molecular formula is C27H47NO2. The standard InChI is InChI=1S/C27H47NO2/c1-3-5-7-12-16-24-20-25(17-13-8-6-4-2)22-26(21-24)23-30-27(29)18-14-10-9-11-15-19-28/h20-22H,3-19,23,28H2,1-2H3. The maximum absolute atomic E-state index is 12.1. The molecule has 0 saturated carbocycles. The largest absolute Gasteiger partial charge is 0.461 e. The van der Waals surface area contributed by atoms with Gasteiger partial charge in [-0.05, 0) is 61.8 Å². The lowest BCUT2D eigenvalue weighted by atomic mass is 9.98. The van der Waals surface area contributed by atoms with Crippen LogP contribution in [0.25, 0.3) is 0 Å². The number of carbonyl (C=O) groups excluding carboxylic acids is 1. The van der Waals surface area contributed by atoms with Gasteiger partial charge in [0.1, 0.15) is 6.61 Å². The minimum Gasteiger partial charge on any atom is -0.461 e. The Kier molecular flexibility index (Phi) is 16.4. The van der Waals surface area contributed by atoms with E-state index in [1.807, 2.05) is 0 Å². The molecule has 0 spiro atoms. The third kappa shape index (κ3) is 13.8. The van der Waals surface area contributed by atoms with E-state index in [2.05, 4.69) is 32.0 Å². The fourth-order valence-corrected chi connectivity index (χ4v) is 3.90. The van der Waals surface area contributed by atoms with Crippen LogP contribution in [0.5, 0.6) is 0 Å². The Bertz CT molecular complexity index is 526. The van der Waals surface area contributed by atoms with Crippen LogP contribution in [0.3, 0.4) is 0 Å². The van der Waals surface area contributed by atoms with E-state index < -0.39 is 0 Å². The lowest BCUT2D eigenvalue weighted by Crippen LogP contribution is -2.05. The van der Waals surface area contributed by atoms with Gasteiger partial charge in [-0.15, -0.1) is 0 Å². The van der Waals surface area contributed by atoms with Crippen LogP contribution in [-0.4, -0.2) is 12.5 Å². The second-order valence-corrected chi connectivity index (χ2v) is 8.75. The van der Waals surface area contributed by atoms with Crippen LogP contribution in [0.1, 0.15) is 120 Å². The number of esters is 1. The molecule has 0 atom stereocenters. The first-order chi connectivity index (χ1) is 14.7. The third-order valence-corrected chi connectivity index (χ3v) is 5.74. The summed E-state index contributed by atoms with van der Waals surface area (Å²) in [6, 6.07) is 6.88. The van der Waals surface area contributed by atoms with Crippen LogP contribution >= 0.6 is 0 Å². The summed E-state index contributed by atoms with van der Waals surface area (Å²) in [6.07, 6.45) is 18.5. The van der Waals surface area contributed by atoms with Gasteiger partial charge in [0.05, 0.1) is 0 Å². The van der Waals surface area contributed by atoms with Gasteiger partial charge in [0.2, 0.25) is 0 Å². The average molecular weight is 418 g/mol. The molecule has 0 aliphatic rings. The Morgan fingerprint density at radius 2 is 1.20 bits per heavy atom. The Labute approximate surface area is 186 Å². The Hall–Kier alpha value is -1.35. The second-order valence-electron chi connectivity index (χ2n) is 8.75. The summed E-state index contributed by atoms with van der Waals surface area (Å²) in [4.78, 5) is 12.1. The summed E-state index contributed by atoms with van der Waals surface area (Å²) in [5.41, 5.74) is 9.49. The fraction of sp³-hybridized carbons (Fsp3) is 0.741. The van der Waals surface area contributed by atoms with E-state index in [9.17, 15) is 4.79 Å². The minimum absolute atomic E-state index is 0.0633. The minimum atomic E-state index is -0.0633. The average Bonchev–Trinajstić information content (AvgIpc) is 2.75. The number of carbonyl (C=O) groups is 1. The summed E-state index contributed by atoms with van der Waals surface area (Å²) < 4.78 is 5.59. The molecule has 0 saturated heterocycles. The third-order valence-electron chi connectivity index (χ3n) is 5.74. The predicted octanol–water partition coefficient (Wildman–Crippen LogP) is 7.27. The van der Waals surface area contributed by atoms with E-state index in [0.717, 1.165) is 57.1 Å². The normalized spacial score (nSPS) is 11.0. The van der Waals surface area contributed by atoms with Gasteiger partial charge in [0, 0.05) is 6.42 Å². The molecule has 0 radical (unpaired) electrons. The van der Waals surface area contributed by atoms with Crippen LogP contribution in [-0.2, 0) is 29.0 Å². The van der Waals surface area contributed by atoms with Crippen LogP contribution in [0.15, 0.2) is 18.2 Å². The molecule has 0 amide bonds. The van der Waals surface area contributed by atoms with Crippen molar-refractivity contribution >= 4 is 5.97 Å². The predicted molar refractivity (Wildman–Crippen MR) is 129 cm³/mol. The molecule has 172 valence electrons. The van der Waals surface area contributed by atoms with E-state index >= 15 is 0 Å². The molecule has 1 aromatic rings. The van der Waals surface area contributed by atoms with Crippen LogP contribution in [0.2, 0.25) is 0 Å². The molecule has 30 heavy (non-hydrogen) atoms. The lowest BCUT2D eigenvalue weighted by Gasteiger charge is -2.11. The van der Waals surface area contributed by atoms with E-state index in [1.165, 1.54) is 62.5 Å². The van der Waals surface area contributed by atoms with Crippen molar-refractivity contribution in [2.75, 3.05) is 6.54 Å². The van der Waals surface area contributed by atoms with Gasteiger partial charge in [0.25, 0.3) is 0 Å². The quantitative estimate of drug-likeness (QED) is 0.190. The van der Waals surface area contributed by atoms with Crippen molar-refractivity contribution in [3.8, 4) is 0 Å². The Morgan fingerprint density at radius 1 is 0.700 bits per heavy atom. The Morgan fingerprint density at radius 3 is 1.77 bits per heavy atom. The maximum Gasteiger partial charge on any atom is 0.306 e. The number of nitrogens with two attached hydrogens (primary N) is 1. The van der Waals surface area contributed by atoms with Gasteiger partial charge >= 0.3 is 5.97 Å². The highest BCUT2D eigenvalue weighted by atomic mass is 16.5. The molecule has 2 N–H and O–H groups in total. The summed E-state index contributed by atoms with van der Waals surface area (Å²) in [6.45, 7) is 5.68. The molecule has 0 heterocycles. The number of benzene rings is 1. The fourth-order valence-electron chi connectivity index (χ4n) is 3.90. The van der Waals surface area contributed by atoms with Crippen molar-refractivity contribution in [2.24, 2.45) is 5.73 Å². The van der Waals surface area contributed by atoms with Gasteiger partial charge in [-0.25, -0.2) is 0 Å². The number of rotatable bonds is 19. The monoisotopic (exact) mass is 417 g/mol. The molecule has 0 fully saturated rings. The van der Waals surface area contributed by atoms with Crippen molar-refractivity contribution in [3.63, 3.8) is 0 Å². The number of unbranched alkanes of at least 4 members (excludes halogenated alkanes) is 10. The number of aryl methyl sites for hydroxylation is 2. The van der Waals surface area contributed by atoms with Gasteiger partial charge in [-0.1, -0.05) is 89.8 Å². The zero-order chi connectivity index (χ0) is 21.9. The Balaban J connectivity index is 2.50. The summed E-state index contributed by atoms with van der Waals surface area (Å²) >= 11 is 0.